The Hall–Kier alpha value is -1.71. The van der Waals surface area contributed by atoms with E-state index in [1.165, 1.54) is 12.1 Å². The summed E-state index contributed by atoms with van der Waals surface area (Å²) in [5.41, 5.74) is 1.09. The Morgan fingerprint density at radius 3 is 2.33 bits per heavy atom. The maximum atomic E-state index is 9.41. The van der Waals surface area contributed by atoms with E-state index in [2.05, 4.69) is 5.16 Å². The van der Waals surface area contributed by atoms with Crippen molar-refractivity contribution in [3.8, 4) is 11.5 Å². The molecule has 80 valence electrons. The summed E-state index contributed by atoms with van der Waals surface area (Å²) >= 11 is 0. The van der Waals surface area contributed by atoms with E-state index in [-0.39, 0.29) is 16.9 Å². The van der Waals surface area contributed by atoms with Crippen molar-refractivity contribution in [1.82, 2.24) is 5.16 Å². The van der Waals surface area contributed by atoms with Crippen LogP contribution in [0.25, 0.3) is 11.0 Å². The average Bonchev–Trinajstić information content (AvgIpc) is 2.47. The Bertz CT molecular complexity index is 508. The number of aromatic hydroxyl groups is 2. The standard InChI is InChI=1S/C11H13NO3/c1-11(2,3)10-6-4-7(13)8(14)5-9(6)15-12-10/h4-5,13-14H,1-3H3. The molecule has 0 unspecified atom stereocenters. The van der Waals surface area contributed by atoms with Crippen molar-refractivity contribution in [2.45, 2.75) is 26.2 Å². The van der Waals surface area contributed by atoms with Crippen LogP contribution in [0.3, 0.4) is 0 Å². The van der Waals surface area contributed by atoms with Crippen LogP contribution in [0.4, 0.5) is 0 Å². The summed E-state index contributed by atoms with van der Waals surface area (Å²) in [4.78, 5) is 0. The molecule has 4 nitrogen and oxygen atoms in total. The molecule has 0 aliphatic carbocycles. The molecule has 0 saturated carbocycles. The van der Waals surface area contributed by atoms with Gasteiger partial charge in [-0.05, 0) is 6.07 Å². The van der Waals surface area contributed by atoms with Gasteiger partial charge in [-0.2, -0.15) is 0 Å². The molecule has 0 amide bonds. The molecule has 0 aliphatic rings. The fourth-order valence-electron chi connectivity index (χ4n) is 1.50. The van der Waals surface area contributed by atoms with Crippen LogP contribution >= 0.6 is 0 Å². The summed E-state index contributed by atoms with van der Waals surface area (Å²) in [6.45, 7) is 6.02. The fourth-order valence-corrected chi connectivity index (χ4v) is 1.50. The topological polar surface area (TPSA) is 66.5 Å². The van der Waals surface area contributed by atoms with Crippen molar-refractivity contribution in [1.29, 1.82) is 0 Å². The summed E-state index contributed by atoms with van der Waals surface area (Å²) in [5, 5.41) is 23.4. The van der Waals surface area contributed by atoms with Gasteiger partial charge in [-0.25, -0.2) is 0 Å². The van der Waals surface area contributed by atoms with Crippen LogP contribution in [-0.2, 0) is 5.41 Å². The molecular formula is C11H13NO3. The molecule has 0 radical (unpaired) electrons. The number of phenols is 2. The molecule has 1 aromatic heterocycles. The zero-order chi connectivity index (χ0) is 11.2. The molecule has 0 bridgehead atoms. The van der Waals surface area contributed by atoms with Gasteiger partial charge in [0.2, 0.25) is 0 Å². The smallest absolute Gasteiger partial charge is 0.171 e. The Morgan fingerprint density at radius 2 is 1.73 bits per heavy atom. The third-order valence-electron chi connectivity index (χ3n) is 2.28. The number of nitrogens with zero attached hydrogens (tertiary/aromatic N) is 1. The van der Waals surface area contributed by atoms with Crippen LogP contribution in [0.2, 0.25) is 0 Å². The lowest BCUT2D eigenvalue weighted by atomic mass is 9.90. The SMILES string of the molecule is CC(C)(C)c1noc2cc(O)c(O)cc12. The highest BCUT2D eigenvalue weighted by molar-refractivity contribution is 5.83. The summed E-state index contributed by atoms with van der Waals surface area (Å²) in [6.07, 6.45) is 0. The number of fused-ring (bicyclic) bond motifs is 1. The summed E-state index contributed by atoms with van der Waals surface area (Å²) in [5.74, 6) is -0.352. The van der Waals surface area contributed by atoms with Gasteiger partial charge in [-0.1, -0.05) is 25.9 Å². The van der Waals surface area contributed by atoms with E-state index in [4.69, 9.17) is 4.52 Å². The molecule has 2 rings (SSSR count). The van der Waals surface area contributed by atoms with Gasteiger partial charge in [-0.3, -0.25) is 0 Å². The number of rotatable bonds is 0. The second-order valence-electron chi connectivity index (χ2n) is 4.62. The molecule has 0 aliphatic heterocycles. The Morgan fingerprint density at radius 1 is 1.13 bits per heavy atom. The van der Waals surface area contributed by atoms with Gasteiger partial charge in [0.05, 0.1) is 5.69 Å². The number of benzene rings is 1. The van der Waals surface area contributed by atoms with E-state index in [0.717, 1.165) is 11.1 Å². The second-order valence-corrected chi connectivity index (χ2v) is 4.62. The van der Waals surface area contributed by atoms with Gasteiger partial charge >= 0.3 is 0 Å². The molecule has 1 aromatic carbocycles. The number of phenolic OH excluding ortho intramolecular Hbond substituents is 2. The molecule has 1 heterocycles. The van der Waals surface area contributed by atoms with E-state index in [0.29, 0.717) is 5.58 Å². The summed E-state index contributed by atoms with van der Waals surface area (Å²) in [6, 6.07) is 2.84. The van der Waals surface area contributed by atoms with E-state index in [1.807, 2.05) is 20.8 Å². The first-order chi connectivity index (χ1) is 6.89. The average molecular weight is 207 g/mol. The van der Waals surface area contributed by atoms with Crippen LogP contribution < -0.4 is 0 Å². The largest absolute Gasteiger partial charge is 0.504 e. The van der Waals surface area contributed by atoms with Crippen LogP contribution in [0.5, 0.6) is 11.5 Å². The van der Waals surface area contributed by atoms with Crippen LogP contribution in [0.1, 0.15) is 26.5 Å². The van der Waals surface area contributed by atoms with Crippen LogP contribution in [0.15, 0.2) is 16.7 Å². The molecule has 0 spiro atoms. The normalized spacial score (nSPS) is 12.2. The fraction of sp³-hybridized carbons (Fsp3) is 0.364. The van der Waals surface area contributed by atoms with E-state index in [9.17, 15) is 10.2 Å². The van der Waals surface area contributed by atoms with Crippen LogP contribution in [-0.4, -0.2) is 15.4 Å². The zero-order valence-electron chi connectivity index (χ0n) is 8.90. The highest BCUT2D eigenvalue weighted by Gasteiger charge is 2.22. The minimum atomic E-state index is -0.195. The molecule has 4 heteroatoms. The quantitative estimate of drug-likeness (QED) is 0.651. The van der Waals surface area contributed by atoms with Crippen molar-refractivity contribution < 1.29 is 14.7 Å². The van der Waals surface area contributed by atoms with E-state index < -0.39 is 0 Å². The van der Waals surface area contributed by atoms with Gasteiger partial charge < -0.3 is 14.7 Å². The predicted molar refractivity (Wildman–Crippen MR) is 56.0 cm³/mol. The van der Waals surface area contributed by atoms with E-state index >= 15 is 0 Å². The highest BCUT2D eigenvalue weighted by Crippen LogP contribution is 2.35. The first-order valence-electron chi connectivity index (χ1n) is 4.71. The molecule has 2 N–H and O–H groups in total. The Labute approximate surface area is 87.1 Å². The first kappa shape index (κ1) is 9.83. The first-order valence-corrected chi connectivity index (χ1v) is 4.71. The van der Waals surface area contributed by atoms with Gasteiger partial charge in [-0.15, -0.1) is 0 Å². The van der Waals surface area contributed by atoms with Crippen LogP contribution in [0, 0.1) is 0 Å². The molecule has 0 atom stereocenters. The lowest BCUT2D eigenvalue weighted by molar-refractivity contribution is 0.400. The lowest BCUT2D eigenvalue weighted by Crippen LogP contribution is -2.11. The second kappa shape index (κ2) is 2.89. The van der Waals surface area contributed by atoms with Gasteiger partial charge in [0, 0.05) is 16.9 Å². The highest BCUT2D eigenvalue weighted by atomic mass is 16.5. The number of aromatic nitrogens is 1. The van der Waals surface area contributed by atoms with Gasteiger partial charge in [0.1, 0.15) is 0 Å². The molecule has 15 heavy (non-hydrogen) atoms. The summed E-state index contributed by atoms with van der Waals surface area (Å²) < 4.78 is 5.09. The van der Waals surface area contributed by atoms with E-state index in [1.54, 1.807) is 0 Å². The van der Waals surface area contributed by atoms with Crippen molar-refractivity contribution in [3.63, 3.8) is 0 Å². The molecule has 0 saturated heterocycles. The third-order valence-corrected chi connectivity index (χ3v) is 2.28. The van der Waals surface area contributed by atoms with Gasteiger partial charge in [0.25, 0.3) is 0 Å². The summed E-state index contributed by atoms with van der Waals surface area (Å²) in [7, 11) is 0. The molecule has 0 fully saturated rings. The minimum Gasteiger partial charge on any atom is -0.504 e. The third kappa shape index (κ3) is 1.52. The van der Waals surface area contributed by atoms with Crippen molar-refractivity contribution >= 4 is 11.0 Å². The van der Waals surface area contributed by atoms with Crippen molar-refractivity contribution in [2.75, 3.05) is 0 Å². The molecule has 2 aromatic rings. The zero-order valence-corrected chi connectivity index (χ0v) is 8.90. The number of hydrogen-bond acceptors (Lipinski definition) is 4. The minimum absolute atomic E-state index is 0.156. The monoisotopic (exact) mass is 207 g/mol. The maximum absolute atomic E-state index is 9.41. The maximum Gasteiger partial charge on any atom is 0.171 e. The van der Waals surface area contributed by atoms with Crippen molar-refractivity contribution in [2.24, 2.45) is 0 Å². The predicted octanol–water partition coefficient (Wildman–Crippen LogP) is 2.54. The lowest BCUT2D eigenvalue weighted by Gasteiger charge is -2.14. The van der Waals surface area contributed by atoms with Crippen molar-refractivity contribution in [3.05, 3.63) is 17.8 Å². The molecular weight excluding hydrogens is 194 g/mol. The Kier molecular flexibility index (Phi) is 1.89. The Balaban J connectivity index is 2.75. The van der Waals surface area contributed by atoms with Gasteiger partial charge in [0.15, 0.2) is 17.1 Å². The number of hydrogen-bond donors (Lipinski definition) is 2.